The second kappa shape index (κ2) is 7.54. The molecule has 1 heterocycles. The molecule has 2 N–H and O–H groups in total. The maximum Gasteiger partial charge on any atom is 0.265 e. The van der Waals surface area contributed by atoms with Crippen LogP contribution in [0.15, 0.2) is 59.5 Å². The fourth-order valence-corrected chi connectivity index (χ4v) is 4.60. The molecule has 0 fully saturated rings. The lowest BCUT2D eigenvalue weighted by atomic mass is 10.1. The van der Waals surface area contributed by atoms with Crippen molar-refractivity contribution < 1.29 is 13.2 Å². The molecule has 0 aliphatic rings. The predicted molar refractivity (Wildman–Crippen MR) is 110 cm³/mol. The largest absolute Gasteiger partial charge is 0.321 e. The van der Waals surface area contributed by atoms with Crippen LogP contribution in [0.2, 0.25) is 0 Å². The van der Waals surface area contributed by atoms with Crippen molar-refractivity contribution in [2.75, 3.05) is 10.0 Å². The van der Waals surface area contributed by atoms with Gasteiger partial charge in [0.15, 0.2) is 0 Å². The van der Waals surface area contributed by atoms with E-state index in [2.05, 4.69) is 10.0 Å². The highest BCUT2D eigenvalue weighted by molar-refractivity contribution is 7.92. The Morgan fingerprint density at radius 2 is 1.52 bits per heavy atom. The van der Waals surface area contributed by atoms with Gasteiger partial charge >= 0.3 is 0 Å². The van der Waals surface area contributed by atoms with E-state index in [4.69, 9.17) is 0 Å². The van der Waals surface area contributed by atoms with Gasteiger partial charge in [0.2, 0.25) is 0 Å². The molecular weight excluding hydrogens is 380 g/mol. The standard InChI is InChI=1S/C20H20N2O3S2/c1-13-5-4-6-14(2)19(13)22-27(24,25)17-10-8-16(9-11-17)21-20(23)18-12-7-15(3)26-18/h4-12,22H,1-3H3,(H,21,23). The van der Waals surface area contributed by atoms with Crippen molar-refractivity contribution in [3.63, 3.8) is 0 Å². The SMILES string of the molecule is Cc1ccc(C(=O)Nc2ccc(S(=O)(=O)Nc3c(C)cccc3C)cc2)s1. The van der Waals surface area contributed by atoms with Crippen LogP contribution in [0.25, 0.3) is 0 Å². The quantitative estimate of drug-likeness (QED) is 0.650. The number of hydrogen-bond acceptors (Lipinski definition) is 4. The van der Waals surface area contributed by atoms with Crippen LogP contribution in [0.4, 0.5) is 11.4 Å². The molecule has 0 unspecified atom stereocenters. The topological polar surface area (TPSA) is 75.3 Å². The molecule has 5 nitrogen and oxygen atoms in total. The first-order valence-electron chi connectivity index (χ1n) is 8.33. The molecule has 0 spiro atoms. The molecule has 1 amide bonds. The van der Waals surface area contributed by atoms with Crippen LogP contribution in [0.3, 0.4) is 0 Å². The molecule has 3 aromatic rings. The Labute approximate surface area is 163 Å². The van der Waals surface area contributed by atoms with E-state index in [1.165, 1.54) is 23.5 Å². The number of amides is 1. The summed E-state index contributed by atoms with van der Waals surface area (Å²) in [6.45, 7) is 5.65. The second-order valence-electron chi connectivity index (χ2n) is 6.26. The zero-order valence-corrected chi connectivity index (χ0v) is 16.9. The van der Waals surface area contributed by atoms with E-state index in [-0.39, 0.29) is 10.8 Å². The van der Waals surface area contributed by atoms with Crippen molar-refractivity contribution in [1.29, 1.82) is 0 Å². The molecule has 0 aliphatic carbocycles. The molecule has 1 aromatic heterocycles. The number of rotatable bonds is 5. The lowest BCUT2D eigenvalue weighted by molar-refractivity contribution is 0.103. The van der Waals surface area contributed by atoms with Crippen LogP contribution >= 0.6 is 11.3 Å². The van der Waals surface area contributed by atoms with Crippen LogP contribution in [-0.4, -0.2) is 14.3 Å². The molecule has 0 saturated carbocycles. The lowest BCUT2D eigenvalue weighted by Crippen LogP contribution is -2.15. The fraction of sp³-hybridized carbons (Fsp3) is 0.150. The van der Waals surface area contributed by atoms with Gasteiger partial charge in [-0.25, -0.2) is 8.42 Å². The van der Waals surface area contributed by atoms with Gasteiger partial charge in [-0.05, 0) is 68.3 Å². The third-order valence-corrected chi connectivity index (χ3v) is 6.47. The smallest absolute Gasteiger partial charge is 0.265 e. The van der Waals surface area contributed by atoms with Gasteiger partial charge in [-0.3, -0.25) is 9.52 Å². The number of carbonyl (C=O) groups excluding carboxylic acids is 1. The Kier molecular flexibility index (Phi) is 5.34. The number of para-hydroxylation sites is 1. The Bertz CT molecular complexity index is 1060. The predicted octanol–water partition coefficient (Wildman–Crippen LogP) is 4.73. The molecule has 0 atom stereocenters. The van der Waals surface area contributed by atoms with Crippen molar-refractivity contribution in [1.82, 2.24) is 0 Å². The van der Waals surface area contributed by atoms with Gasteiger partial charge in [-0.15, -0.1) is 11.3 Å². The Morgan fingerprint density at radius 1 is 0.889 bits per heavy atom. The first-order chi connectivity index (χ1) is 12.8. The monoisotopic (exact) mass is 400 g/mol. The van der Waals surface area contributed by atoms with E-state index < -0.39 is 10.0 Å². The molecule has 0 saturated heterocycles. The molecule has 0 aliphatic heterocycles. The highest BCUT2D eigenvalue weighted by atomic mass is 32.2. The average Bonchev–Trinajstić information content (AvgIpc) is 3.05. The summed E-state index contributed by atoms with van der Waals surface area (Å²) in [5.74, 6) is -0.211. The third kappa shape index (κ3) is 4.37. The van der Waals surface area contributed by atoms with Crippen molar-refractivity contribution in [2.24, 2.45) is 0 Å². The van der Waals surface area contributed by atoms with Gasteiger partial charge in [0, 0.05) is 10.6 Å². The summed E-state index contributed by atoms with van der Waals surface area (Å²) >= 11 is 1.41. The van der Waals surface area contributed by atoms with E-state index in [0.29, 0.717) is 16.3 Å². The lowest BCUT2D eigenvalue weighted by Gasteiger charge is -2.13. The van der Waals surface area contributed by atoms with Crippen LogP contribution in [0, 0.1) is 20.8 Å². The van der Waals surface area contributed by atoms with Crippen molar-refractivity contribution in [3.8, 4) is 0 Å². The van der Waals surface area contributed by atoms with Crippen molar-refractivity contribution >= 4 is 38.6 Å². The highest BCUT2D eigenvalue weighted by Crippen LogP contribution is 2.24. The molecule has 3 rings (SSSR count). The second-order valence-corrected chi connectivity index (χ2v) is 9.23. The first-order valence-corrected chi connectivity index (χ1v) is 10.6. The summed E-state index contributed by atoms with van der Waals surface area (Å²) in [5, 5.41) is 2.77. The molecule has 0 bridgehead atoms. The zero-order chi connectivity index (χ0) is 19.6. The summed E-state index contributed by atoms with van der Waals surface area (Å²) in [5.41, 5.74) is 2.84. The summed E-state index contributed by atoms with van der Waals surface area (Å²) < 4.78 is 28.0. The van der Waals surface area contributed by atoms with Gasteiger partial charge in [0.1, 0.15) is 0 Å². The number of carbonyl (C=O) groups is 1. The van der Waals surface area contributed by atoms with Gasteiger partial charge in [0.05, 0.1) is 15.5 Å². The van der Waals surface area contributed by atoms with Gasteiger partial charge in [0.25, 0.3) is 15.9 Å². The van der Waals surface area contributed by atoms with Gasteiger partial charge in [-0.1, -0.05) is 18.2 Å². The number of hydrogen-bond donors (Lipinski definition) is 2. The molecule has 7 heteroatoms. The summed E-state index contributed by atoms with van der Waals surface area (Å²) in [4.78, 5) is 14.0. The molecule has 2 aromatic carbocycles. The van der Waals surface area contributed by atoms with E-state index in [0.717, 1.165) is 16.0 Å². The van der Waals surface area contributed by atoms with E-state index in [1.807, 2.05) is 45.0 Å². The fourth-order valence-electron chi connectivity index (χ4n) is 2.64. The first kappa shape index (κ1) is 19.1. The van der Waals surface area contributed by atoms with Gasteiger partial charge < -0.3 is 5.32 Å². The van der Waals surface area contributed by atoms with Crippen LogP contribution in [0.5, 0.6) is 0 Å². The number of sulfonamides is 1. The number of aryl methyl sites for hydroxylation is 3. The number of anilines is 2. The highest BCUT2D eigenvalue weighted by Gasteiger charge is 2.17. The van der Waals surface area contributed by atoms with Crippen LogP contribution < -0.4 is 10.0 Å². The summed E-state index contributed by atoms with van der Waals surface area (Å²) in [7, 11) is -3.71. The van der Waals surface area contributed by atoms with E-state index in [1.54, 1.807) is 18.2 Å². The molecular formula is C20H20N2O3S2. The van der Waals surface area contributed by atoms with Gasteiger partial charge in [-0.2, -0.15) is 0 Å². The maximum atomic E-state index is 12.7. The molecule has 27 heavy (non-hydrogen) atoms. The van der Waals surface area contributed by atoms with Crippen molar-refractivity contribution in [3.05, 3.63) is 75.5 Å². The Hall–Kier alpha value is -2.64. The van der Waals surface area contributed by atoms with Crippen LogP contribution in [0.1, 0.15) is 25.7 Å². The van der Waals surface area contributed by atoms with E-state index >= 15 is 0 Å². The summed E-state index contributed by atoms with van der Waals surface area (Å²) in [6, 6.07) is 15.4. The minimum absolute atomic E-state index is 0.134. The van der Waals surface area contributed by atoms with Crippen LogP contribution in [-0.2, 0) is 10.0 Å². The third-order valence-electron chi connectivity index (χ3n) is 4.10. The molecule has 140 valence electrons. The maximum absolute atomic E-state index is 12.7. The molecule has 0 radical (unpaired) electrons. The minimum Gasteiger partial charge on any atom is -0.321 e. The number of nitrogens with one attached hydrogen (secondary N) is 2. The minimum atomic E-state index is -3.71. The number of thiophene rings is 1. The normalized spacial score (nSPS) is 11.2. The number of benzene rings is 2. The van der Waals surface area contributed by atoms with Crippen molar-refractivity contribution in [2.45, 2.75) is 25.7 Å². The Balaban J connectivity index is 1.77. The van der Waals surface area contributed by atoms with E-state index in [9.17, 15) is 13.2 Å². The Morgan fingerprint density at radius 3 is 2.07 bits per heavy atom. The average molecular weight is 401 g/mol. The zero-order valence-electron chi connectivity index (χ0n) is 15.2. The summed E-state index contributed by atoms with van der Waals surface area (Å²) in [6.07, 6.45) is 0.